The van der Waals surface area contributed by atoms with Crippen molar-refractivity contribution in [3.8, 4) is 11.3 Å². The van der Waals surface area contributed by atoms with E-state index in [9.17, 15) is 8.42 Å². The van der Waals surface area contributed by atoms with Crippen LogP contribution in [0.2, 0.25) is 5.15 Å². The normalized spacial score (nSPS) is 11.6. The van der Waals surface area contributed by atoms with Crippen LogP contribution in [0.5, 0.6) is 0 Å². The lowest BCUT2D eigenvalue weighted by molar-refractivity contribution is 0.602. The molecule has 0 aliphatic rings. The van der Waals surface area contributed by atoms with Crippen LogP contribution in [0.15, 0.2) is 59.8 Å². The smallest absolute Gasteiger partial charge is 0.175 e. The summed E-state index contributed by atoms with van der Waals surface area (Å²) in [6.07, 6.45) is 4.49. The minimum atomic E-state index is -3.19. The van der Waals surface area contributed by atoms with Crippen molar-refractivity contribution in [2.24, 2.45) is 0 Å². The SMILES string of the molecule is CS(=O)(=O)c1ccc(CNc2cccc(-c3c[nH]c4ncc(Cl)nc34)n2)cc1. The molecule has 4 aromatic rings. The number of aromatic nitrogens is 4. The van der Waals surface area contributed by atoms with Crippen LogP contribution in [-0.2, 0) is 16.4 Å². The van der Waals surface area contributed by atoms with Crippen LogP contribution >= 0.6 is 11.6 Å². The fourth-order valence-electron chi connectivity index (χ4n) is 2.80. The second-order valence-corrected chi connectivity index (χ2v) is 8.67. The number of halogens is 1. The number of benzene rings is 1. The van der Waals surface area contributed by atoms with Crippen LogP contribution in [0.4, 0.5) is 5.82 Å². The summed E-state index contributed by atoms with van der Waals surface area (Å²) in [4.78, 5) is 16.5. The van der Waals surface area contributed by atoms with E-state index >= 15 is 0 Å². The van der Waals surface area contributed by atoms with E-state index in [1.165, 1.54) is 12.5 Å². The molecular weight excluding hydrogens is 398 g/mol. The molecule has 3 heterocycles. The van der Waals surface area contributed by atoms with Crippen LogP contribution in [0.3, 0.4) is 0 Å². The van der Waals surface area contributed by atoms with E-state index in [4.69, 9.17) is 11.6 Å². The highest BCUT2D eigenvalue weighted by atomic mass is 35.5. The van der Waals surface area contributed by atoms with Gasteiger partial charge < -0.3 is 10.3 Å². The first kappa shape index (κ1) is 18.4. The van der Waals surface area contributed by atoms with Crippen molar-refractivity contribution in [2.45, 2.75) is 11.4 Å². The van der Waals surface area contributed by atoms with E-state index < -0.39 is 9.84 Å². The summed E-state index contributed by atoms with van der Waals surface area (Å²) in [5.41, 5.74) is 3.80. The maximum Gasteiger partial charge on any atom is 0.175 e. The molecule has 4 rings (SSSR count). The molecule has 28 heavy (non-hydrogen) atoms. The standard InChI is InChI=1S/C19H16ClN5O2S/c1-28(26,27)13-7-5-12(6-8-13)9-21-17-4-2-3-15(24-17)14-10-22-19-18(14)25-16(20)11-23-19/h2-8,10-11H,9H2,1H3,(H,21,24)(H,22,23). The number of aromatic amines is 1. The first-order chi connectivity index (χ1) is 13.4. The van der Waals surface area contributed by atoms with E-state index in [2.05, 4.69) is 25.3 Å². The summed E-state index contributed by atoms with van der Waals surface area (Å²) in [7, 11) is -3.19. The average Bonchev–Trinajstić information content (AvgIpc) is 3.09. The van der Waals surface area contributed by atoms with Gasteiger partial charge in [0.2, 0.25) is 0 Å². The molecule has 0 spiro atoms. The van der Waals surface area contributed by atoms with Crippen molar-refractivity contribution in [2.75, 3.05) is 11.6 Å². The van der Waals surface area contributed by atoms with Crippen LogP contribution in [0, 0.1) is 0 Å². The fraction of sp³-hybridized carbons (Fsp3) is 0.105. The lowest BCUT2D eigenvalue weighted by Gasteiger charge is -2.08. The minimum Gasteiger partial charge on any atom is -0.366 e. The van der Waals surface area contributed by atoms with Gasteiger partial charge >= 0.3 is 0 Å². The molecule has 0 aliphatic heterocycles. The highest BCUT2D eigenvalue weighted by Gasteiger charge is 2.11. The number of H-pyrrole nitrogens is 1. The van der Waals surface area contributed by atoms with Gasteiger partial charge in [0.15, 0.2) is 15.5 Å². The molecule has 2 N–H and O–H groups in total. The van der Waals surface area contributed by atoms with Crippen molar-refractivity contribution >= 4 is 38.4 Å². The second-order valence-electron chi connectivity index (χ2n) is 6.27. The van der Waals surface area contributed by atoms with E-state index in [0.29, 0.717) is 33.6 Å². The average molecular weight is 414 g/mol. The molecule has 9 heteroatoms. The largest absolute Gasteiger partial charge is 0.366 e. The summed E-state index contributed by atoms with van der Waals surface area (Å²) < 4.78 is 23.1. The first-order valence-corrected chi connectivity index (χ1v) is 10.7. The third-order valence-corrected chi connectivity index (χ3v) is 5.51. The summed E-state index contributed by atoms with van der Waals surface area (Å²) >= 11 is 5.97. The molecule has 1 aromatic carbocycles. The Morgan fingerprint density at radius 1 is 1.11 bits per heavy atom. The van der Waals surface area contributed by atoms with Crippen LogP contribution in [0.1, 0.15) is 5.56 Å². The lowest BCUT2D eigenvalue weighted by atomic mass is 10.2. The predicted octanol–water partition coefficient (Wildman–Crippen LogP) is 3.69. The highest BCUT2D eigenvalue weighted by Crippen LogP contribution is 2.26. The molecule has 0 saturated carbocycles. The Labute approximate surface area is 166 Å². The van der Waals surface area contributed by atoms with Crippen molar-refractivity contribution in [3.63, 3.8) is 0 Å². The number of rotatable bonds is 5. The summed E-state index contributed by atoms with van der Waals surface area (Å²) in [6, 6.07) is 12.4. The number of hydrogen-bond donors (Lipinski definition) is 2. The van der Waals surface area contributed by atoms with Gasteiger partial charge in [-0.2, -0.15) is 0 Å². The molecule has 0 amide bonds. The van der Waals surface area contributed by atoms with Crippen LogP contribution in [0.25, 0.3) is 22.4 Å². The van der Waals surface area contributed by atoms with E-state index in [1.807, 2.05) is 18.2 Å². The zero-order valence-electron chi connectivity index (χ0n) is 14.8. The quantitative estimate of drug-likeness (QED) is 0.517. The highest BCUT2D eigenvalue weighted by molar-refractivity contribution is 7.90. The Kier molecular flexibility index (Phi) is 4.74. The number of nitrogens with zero attached hydrogens (tertiary/aromatic N) is 3. The maximum absolute atomic E-state index is 11.5. The van der Waals surface area contributed by atoms with Gasteiger partial charge in [0.1, 0.15) is 16.5 Å². The Morgan fingerprint density at radius 3 is 2.64 bits per heavy atom. The van der Waals surface area contributed by atoms with Gasteiger partial charge in [-0.15, -0.1) is 0 Å². The van der Waals surface area contributed by atoms with Crippen LogP contribution < -0.4 is 5.32 Å². The predicted molar refractivity (Wildman–Crippen MR) is 109 cm³/mol. The molecule has 0 saturated heterocycles. The van der Waals surface area contributed by atoms with Crippen molar-refractivity contribution in [1.82, 2.24) is 19.9 Å². The van der Waals surface area contributed by atoms with Gasteiger partial charge in [-0.3, -0.25) is 0 Å². The molecule has 0 atom stereocenters. The summed E-state index contributed by atoms with van der Waals surface area (Å²) in [5, 5.41) is 3.57. The number of pyridine rings is 1. The van der Waals surface area contributed by atoms with Crippen molar-refractivity contribution < 1.29 is 8.42 Å². The topological polar surface area (TPSA) is 101 Å². The maximum atomic E-state index is 11.5. The zero-order chi connectivity index (χ0) is 19.7. The fourth-order valence-corrected chi connectivity index (χ4v) is 3.56. The Hall–Kier alpha value is -2.97. The monoisotopic (exact) mass is 413 g/mol. The van der Waals surface area contributed by atoms with Gasteiger partial charge in [0.05, 0.1) is 16.8 Å². The Morgan fingerprint density at radius 2 is 1.89 bits per heavy atom. The van der Waals surface area contributed by atoms with Gasteiger partial charge in [0, 0.05) is 24.6 Å². The molecule has 0 radical (unpaired) electrons. The van der Waals surface area contributed by atoms with Crippen LogP contribution in [-0.4, -0.2) is 34.6 Å². The number of anilines is 1. The summed E-state index contributed by atoms with van der Waals surface area (Å²) in [5.74, 6) is 0.689. The van der Waals surface area contributed by atoms with Crippen molar-refractivity contribution in [3.05, 3.63) is 65.6 Å². The third kappa shape index (κ3) is 3.83. The van der Waals surface area contributed by atoms with Gasteiger partial charge in [0.25, 0.3) is 0 Å². The molecule has 7 nitrogen and oxygen atoms in total. The Balaban J connectivity index is 1.55. The molecule has 0 aliphatic carbocycles. The molecule has 3 aromatic heterocycles. The van der Waals surface area contributed by atoms with E-state index in [-0.39, 0.29) is 0 Å². The Bertz CT molecular complexity index is 1250. The zero-order valence-corrected chi connectivity index (χ0v) is 16.4. The van der Waals surface area contributed by atoms with Crippen molar-refractivity contribution in [1.29, 1.82) is 0 Å². The number of sulfone groups is 1. The molecule has 0 unspecified atom stereocenters. The van der Waals surface area contributed by atoms with E-state index in [0.717, 1.165) is 16.8 Å². The number of fused-ring (bicyclic) bond motifs is 1. The minimum absolute atomic E-state index is 0.301. The van der Waals surface area contributed by atoms with Gasteiger partial charge in [-0.1, -0.05) is 29.8 Å². The molecule has 142 valence electrons. The molecular formula is C19H16ClN5O2S. The molecule has 0 fully saturated rings. The van der Waals surface area contributed by atoms with E-state index in [1.54, 1.807) is 30.5 Å². The first-order valence-electron chi connectivity index (χ1n) is 8.40. The number of hydrogen-bond acceptors (Lipinski definition) is 6. The van der Waals surface area contributed by atoms with Gasteiger partial charge in [-0.25, -0.2) is 23.4 Å². The lowest BCUT2D eigenvalue weighted by Crippen LogP contribution is -2.03. The third-order valence-electron chi connectivity index (χ3n) is 4.20. The number of nitrogens with one attached hydrogen (secondary N) is 2. The molecule has 0 bridgehead atoms. The second kappa shape index (κ2) is 7.21. The summed E-state index contributed by atoms with van der Waals surface area (Å²) in [6.45, 7) is 0.514. The van der Waals surface area contributed by atoms with Gasteiger partial charge in [-0.05, 0) is 29.8 Å².